The third-order valence-electron chi connectivity index (χ3n) is 4.80. The highest BCUT2D eigenvalue weighted by atomic mass is 127. The second-order valence-corrected chi connectivity index (χ2v) is 6.59. The van der Waals surface area contributed by atoms with Gasteiger partial charge in [-0.05, 0) is 37.0 Å². The Bertz CT molecular complexity index is 516. The van der Waals surface area contributed by atoms with E-state index in [1.54, 1.807) is 0 Å². The standard InChI is InChI=1S/C19H30FN3O.HI/c1-2-3-4-5-12-22-18(21)23-15-19(10-13-24-14-11-19)16-6-8-17(20)9-7-16;/h6-9H,2-5,10-15H2,1H3,(H3,21,22,23);1H. The van der Waals surface area contributed by atoms with E-state index in [1.807, 2.05) is 12.1 Å². The van der Waals surface area contributed by atoms with Crippen LogP contribution < -0.4 is 11.1 Å². The van der Waals surface area contributed by atoms with Crippen molar-refractivity contribution in [2.75, 3.05) is 26.3 Å². The van der Waals surface area contributed by atoms with Crippen LogP contribution in [-0.4, -0.2) is 32.3 Å². The molecule has 2 rings (SSSR count). The Kier molecular flexibility index (Phi) is 10.3. The monoisotopic (exact) mass is 463 g/mol. The van der Waals surface area contributed by atoms with Gasteiger partial charge in [-0.3, -0.25) is 4.99 Å². The average molecular weight is 463 g/mol. The summed E-state index contributed by atoms with van der Waals surface area (Å²) in [5.41, 5.74) is 7.02. The van der Waals surface area contributed by atoms with Crippen LogP contribution in [0.4, 0.5) is 4.39 Å². The molecule has 6 heteroatoms. The number of halogens is 2. The lowest BCUT2D eigenvalue weighted by Crippen LogP contribution is -2.39. The Morgan fingerprint density at radius 2 is 1.88 bits per heavy atom. The summed E-state index contributed by atoms with van der Waals surface area (Å²) in [4.78, 5) is 4.57. The molecule has 1 aliphatic rings. The maximum absolute atomic E-state index is 13.2. The van der Waals surface area contributed by atoms with Gasteiger partial charge < -0.3 is 15.8 Å². The smallest absolute Gasteiger partial charge is 0.188 e. The summed E-state index contributed by atoms with van der Waals surface area (Å²) in [5, 5.41) is 3.20. The summed E-state index contributed by atoms with van der Waals surface area (Å²) in [6, 6.07) is 6.77. The van der Waals surface area contributed by atoms with Gasteiger partial charge >= 0.3 is 0 Å². The quantitative estimate of drug-likeness (QED) is 0.266. The summed E-state index contributed by atoms with van der Waals surface area (Å²) >= 11 is 0. The number of nitrogens with one attached hydrogen (secondary N) is 1. The highest BCUT2D eigenvalue weighted by Crippen LogP contribution is 2.35. The number of nitrogens with two attached hydrogens (primary N) is 1. The molecular formula is C19H31FIN3O. The van der Waals surface area contributed by atoms with Crippen LogP contribution in [0.2, 0.25) is 0 Å². The van der Waals surface area contributed by atoms with E-state index in [9.17, 15) is 4.39 Å². The van der Waals surface area contributed by atoms with Crippen molar-refractivity contribution in [3.63, 3.8) is 0 Å². The van der Waals surface area contributed by atoms with E-state index in [4.69, 9.17) is 10.5 Å². The summed E-state index contributed by atoms with van der Waals surface area (Å²) in [7, 11) is 0. The van der Waals surface area contributed by atoms with Gasteiger partial charge in [-0.1, -0.05) is 38.3 Å². The Balaban J connectivity index is 0.00000312. The van der Waals surface area contributed by atoms with Crippen LogP contribution in [0.1, 0.15) is 51.0 Å². The van der Waals surface area contributed by atoms with Gasteiger partial charge in [-0.15, -0.1) is 24.0 Å². The summed E-state index contributed by atoms with van der Waals surface area (Å²) in [6.45, 7) is 5.08. The highest BCUT2D eigenvalue weighted by molar-refractivity contribution is 14.0. The fraction of sp³-hybridized carbons (Fsp3) is 0.632. The van der Waals surface area contributed by atoms with Gasteiger partial charge in [0.2, 0.25) is 0 Å². The molecule has 0 bridgehead atoms. The number of unbranched alkanes of at least 4 members (excludes halogenated alkanes) is 3. The van der Waals surface area contributed by atoms with Crippen molar-refractivity contribution in [2.24, 2.45) is 10.7 Å². The first-order chi connectivity index (χ1) is 11.7. The molecule has 25 heavy (non-hydrogen) atoms. The number of rotatable bonds is 8. The molecule has 1 aromatic carbocycles. The van der Waals surface area contributed by atoms with Gasteiger partial charge in [0.05, 0.1) is 6.54 Å². The molecule has 1 aliphatic heterocycles. The van der Waals surface area contributed by atoms with Crippen molar-refractivity contribution in [2.45, 2.75) is 50.9 Å². The number of hydrogen-bond acceptors (Lipinski definition) is 2. The van der Waals surface area contributed by atoms with Crippen molar-refractivity contribution >= 4 is 29.9 Å². The molecule has 0 atom stereocenters. The van der Waals surface area contributed by atoms with Gasteiger partial charge in [-0.2, -0.15) is 0 Å². The molecule has 0 aromatic heterocycles. The maximum Gasteiger partial charge on any atom is 0.188 e. The topological polar surface area (TPSA) is 59.6 Å². The van der Waals surface area contributed by atoms with E-state index >= 15 is 0 Å². The minimum atomic E-state index is -0.210. The lowest BCUT2D eigenvalue weighted by atomic mass is 9.74. The lowest BCUT2D eigenvalue weighted by molar-refractivity contribution is 0.0531. The normalized spacial score (nSPS) is 17.0. The number of aliphatic imine (C=N–C) groups is 1. The second kappa shape index (κ2) is 11.7. The first-order valence-corrected chi connectivity index (χ1v) is 9.04. The van der Waals surface area contributed by atoms with Crippen molar-refractivity contribution in [1.82, 2.24) is 5.32 Å². The highest BCUT2D eigenvalue weighted by Gasteiger charge is 2.34. The molecule has 0 aliphatic carbocycles. The number of hydrogen-bond donors (Lipinski definition) is 2. The molecule has 1 saturated heterocycles. The van der Waals surface area contributed by atoms with Gasteiger partial charge in [0.1, 0.15) is 5.82 Å². The van der Waals surface area contributed by atoms with E-state index in [1.165, 1.54) is 31.4 Å². The largest absolute Gasteiger partial charge is 0.381 e. The SMILES string of the molecule is CCCCCCNC(N)=NCC1(c2ccc(F)cc2)CCOCC1.I. The number of ether oxygens (including phenoxy) is 1. The van der Waals surface area contributed by atoms with Gasteiger partial charge in [0.25, 0.3) is 0 Å². The summed E-state index contributed by atoms with van der Waals surface area (Å²) in [6.07, 6.45) is 6.57. The minimum absolute atomic E-state index is 0. The molecule has 1 fully saturated rings. The Morgan fingerprint density at radius 3 is 2.52 bits per heavy atom. The zero-order chi connectivity index (χ0) is 17.3. The van der Waals surface area contributed by atoms with E-state index in [2.05, 4.69) is 17.2 Å². The molecule has 0 radical (unpaired) electrons. The summed E-state index contributed by atoms with van der Waals surface area (Å²) in [5.74, 6) is 0.289. The van der Waals surface area contributed by atoms with Crippen LogP contribution in [-0.2, 0) is 10.2 Å². The van der Waals surface area contributed by atoms with Gasteiger partial charge in [0.15, 0.2) is 5.96 Å². The van der Waals surface area contributed by atoms with E-state index in [-0.39, 0.29) is 35.2 Å². The fourth-order valence-corrected chi connectivity index (χ4v) is 3.16. The minimum Gasteiger partial charge on any atom is -0.381 e. The number of benzene rings is 1. The number of nitrogens with zero attached hydrogens (tertiary/aromatic N) is 1. The molecule has 1 aromatic rings. The Labute approximate surface area is 167 Å². The Morgan fingerprint density at radius 1 is 1.20 bits per heavy atom. The zero-order valence-electron chi connectivity index (χ0n) is 15.1. The van der Waals surface area contributed by atoms with E-state index in [0.717, 1.165) is 31.4 Å². The van der Waals surface area contributed by atoms with Crippen molar-refractivity contribution in [3.05, 3.63) is 35.6 Å². The molecule has 4 nitrogen and oxygen atoms in total. The van der Waals surface area contributed by atoms with Gasteiger partial charge in [0, 0.05) is 25.2 Å². The van der Waals surface area contributed by atoms with E-state index in [0.29, 0.717) is 25.7 Å². The predicted molar refractivity (Wildman–Crippen MR) is 112 cm³/mol. The van der Waals surface area contributed by atoms with Gasteiger partial charge in [-0.25, -0.2) is 4.39 Å². The average Bonchev–Trinajstić information content (AvgIpc) is 2.61. The van der Waals surface area contributed by atoms with Crippen LogP contribution in [0.5, 0.6) is 0 Å². The maximum atomic E-state index is 13.2. The van der Waals surface area contributed by atoms with Crippen LogP contribution >= 0.6 is 24.0 Å². The second-order valence-electron chi connectivity index (χ2n) is 6.59. The third-order valence-corrected chi connectivity index (χ3v) is 4.80. The Hall–Kier alpha value is -0.890. The molecular weight excluding hydrogens is 432 g/mol. The third kappa shape index (κ3) is 7.09. The zero-order valence-corrected chi connectivity index (χ0v) is 17.4. The molecule has 3 N–H and O–H groups in total. The van der Waals surface area contributed by atoms with Crippen LogP contribution in [0.25, 0.3) is 0 Å². The summed E-state index contributed by atoms with van der Waals surface area (Å²) < 4.78 is 18.7. The molecule has 142 valence electrons. The molecule has 0 amide bonds. The van der Waals surface area contributed by atoms with Crippen LogP contribution in [0.3, 0.4) is 0 Å². The predicted octanol–water partition coefficient (Wildman–Crippen LogP) is 3.98. The fourth-order valence-electron chi connectivity index (χ4n) is 3.16. The number of guanidine groups is 1. The molecule has 0 spiro atoms. The molecule has 0 unspecified atom stereocenters. The first kappa shape index (κ1) is 22.2. The van der Waals surface area contributed by atoms with Crippen molar-refractivity contribution in [3.8, 4) is 0 Å². The van der Waals surface area contributed by atoms with E-state index < -0.39 is 0 Å². The van der Waals surface area contributed by atoms with Crippen molar-refractivity contribution < 1.29 is 9.13 Å². The molecule has 0 saturated carbocycles. The molecule has 1 heterocycles. The van der Waals surface area contributed by atoms with Crippen LogP contribution in [0.15, 0.2) is 29.3 Å². The first-order valence-electron chi connectivity index (χ1n) is 9.04. The van der Waals surface area contributed by atoms with Crippen molar-refractivity contribution in [1.29, 1.82) is 0 Å². The van der Waals surface area contributed by atoms with Crippen LogP contribution in [0, 0.1) is 5.82 Å². The lowest BCUT2D eigenvalue weighted by Gasteiger charge is -2.36.